The van der Waals surface area contributed by atoms with E-state index in [1.165, 1.54) is 0 Å². The van der Waals surface area contributed by atoms with E-state index in [0.29, 0.717) is 11.7 Å². The molecule has 0 spiro atoms. The maximum absolute atomic E-state index is 12.1. The van der Waals surface area contributed by atoms with Crippen LogP contribution in [0.15, 0.2) is 59.2 Å². The van der Waals surface area contributed by atoms with E-state index in [0.717, 1.165) is 16.9 Å². The number of methoxy groups -OCH3 is 1. The fourth-order valence-corrected chi connectivity index (χ4v) is 2.63. The second-order valence-corrected chi connectivity index (χ2v) is 6.18. The van der Waals surface area contributed by atoms with E-state index in [1.807, 2.05) is 48.5 Å². The first-order chi connectivity index (χ1) is 12.6. The van der Waals surface area contributed by atoms with Crippen LogP contribution in [0, 0.1) is 0 Å². The number of hydrogen-bond acceptors (Lipinski definition) is 5. The lowest BCUT2D eigenvalue weighted by Crippen LogP contribution is -2.13. The van der Waals surface area contributed by atoms with Gasteiger partial charge in [0, 0.05) is 0 Å². The van der Waals surface area contributed by atoms with Crippen molar-refractivity contribution >= 4 is 17.9 Å². The molecule has 1 aliphatic heterocycles. The Labute approximate surface area is 152 Å². The summed E-state index contributed by atoms with van der Waals surface area (Å²) in [6.07, 6.45) is 1.71. The summed E-state index contributed by atoms with van der Waals surface area (Å²) in [6.45, 7) is 4.29. The Bertz CT molecular complexity index is 854. The predicted octanol–water partition coefficient (Wildman–Crippen LogP) is 4.19. The van der Waals surface area contributed by atoms with Gasteiger partial charge >= 0.3 is 5.97 Å². The summed E-state index contributed by atoms with van der Waals surface area (Å²) in [6, 6.07) is 15.1. The summed E-state index contributed by atoms with van der Waals surface area (Å²) in [5, 5.41) is 0. The molecule has 1 heterocycles. The molecule has 0 fully saturated rings. The Kier molecular flexibility index (Phi) is 5.37. The Balaban J connectivity index is 1.77. The van der Waals surface area contributed by atoms with Gasteiger partial charge in [-0.1, -0.05) is 38.1 Å². The minimum absolute atomic E-state index is 0.104. The van der Waals surface area contributed by atoms with Crippen LogP contribution in [0.3, 0.4) is 0 Å². The van der Waals surface area contributed by atoms with E-state index in [1.54, 1.807) is 13.2 Å². The van der Waals surface area contributed by atoms with E-state index < -0.39 is 5.97 Å². The zero-order chi connectivity index (χ0) is 18.5. The molecule has 0 radical (unpaired) electrons. The van der Waals surface area contributed by atoms with Crippen molar-refractivity contribution in [1.29, 1.82) is 0 Å². The second-order valence-electron chi connectivity index (χ2n) is 6.18. The van der Waals surface area contributed by atoms with Crippen molar-refractivity contribution in [2.75, 3.05) is 13.7 Å². The molecule has 5 nitrogen and oxygen atoms in total. The first-order valence-electron chi connectivity index (χ1n) is 8.44. The van der Waals surface area contributed by atoms with Crippen molar-refractivity contribution < 1.29 is 19.0 Å². The lowest BCUT2D eigenvalue weighted by molar-refractivity contribution is -0.130. The summed E-state index contributed by atoms with van der Waals surface area (Å²) < 4.78 is 16.1. The number of benzene rings is 2. The van der Waals surface area contributed by atoms with Crippen LogP contribution in [0.25, 0.3) is 6.08 Å². The van der Waals surface area contributed by atoms with E-state index in [2.05, 4.69) is 18.8 Å². The summed E-state index contributed by atoms with van der Waals surface area (Å²) in [4.78, 5) is 16.3. The number of cyclic esters (lactones) is 1. The van der Waals surface area contributed by atoms with Gasteiger partial charge < -0.3 is 14.2 Å². The van der Waals surface area contributed by atoms with Crippen LogP contribution in [-0.2, 0) is 9.53 Å². The molecule has 134 valence electrons. The van der Waals surface area contributed by atoms with Crippen molar-refractivity contribution in [3.05, 3.63) is 65.4 Å². The third-order valence-electron chi connectivity index (χ3n) is 3.95. The van der Waals surface area contributed by atoms with Gasteiger partial charge in [-0.3, -0.25) is 0 Å². The molecule has 5 heteroatoms. The van der Waals surface area contributed by atoms with Gasteiger partial charge in [0.25, 0.3) is 0 Å². The van der Waals surface area contributed by atoms with Gasteiger partial charge in [0.05, 0.1) is 7.11 Å². The molecule has 3 rings (SSSR count). The van der Waals surface area contributed by atoms with Gasteiger partial charge in [0.1, 0.15) is 11.5 Å². The van der Waals surface area contributed by atoms with Gasteiger partial charge in [-0.15, -0.1) is 0 Å². The average molecular weight is 351 g/mol. The number of aliphatic imine (C=N–C) groups is 1. The summed E-state index contributed by atoms with van der Waals surface area (Å²) >= 11 is 0. The molecule has 2 aromatic rings. The molecule has 1 aliphatic rings. The van der Waals surface area contributed by atoms with E-state index in [4.69, 9.17) is 14.2 Å². The zero-order valence-corrected chi connectivity index (χ0v) is 15.1. The van der Waals surface area contributed by atoms with Gasteiger partial charge in [0.2, 0.25) is 5.90 Å². The normalized spacial score (nSPS) is 15.2. The molecule has 0 aromatic heterocycles. The third-order valence-corrected chi connectivity index (χ3v) is 3.95. The molecule has 0 N–H and O–H groups in total. The molecule has 0 aliphatic carbocycles. The van der Waals surface area contributed by atoms with E-state index in [-0.39, 0.29) is 18.2 Å². The number of ether oxygens (including phenoxy) is 3. The van der Waals surface area contributed by atoms with Crippen molar-refractivity contribution in [3.63, 3.8) is 0 Å². The predicted molar refractivity (Wildman–Crippen MR) is 101 cm³/mol. The van der Waals surface area contributed by atoms with Crippen molar-refractivity contribution in [2.45, 2.75) is 19.8 Å². The SMILES string of the molecule is COc1ccc(/C=C2/N=C(COc3ccccc3)OC2=O)cc1C(C)C. The minimum Gasteiger partial charge on any atom is -0.496 e. The summed E-state index contributed by atoms with van der Waals surface area (Å²) in [5.41, 5.74) is 2.21. The van der Waals surface area contributed by atoms with Crippen LogP contribution in [0.1, 0.15) is 30.9 Å². The fraction of sp³-hybridized carbons (Fsp3) is 0.238. The van der Waals surface area contributed by atoms with Crippen LogP contribution in [0.5, 0.6) is 11.5 Å². The van der Waals surface area contributed by atoms with Crippen molar-refractivity contribution in [2.24, 2.45) is 4.99 Å². The van der Waals surface area contributed by atoms with Gasteiger partial charge in [-0.2, -0.15) is 0 Å². The van der Waals surface area contributed by atoms with Gasteiger partial charge in [-0.25, -0.2) is 9.79 Å². The molecular formula is C21H21NO4. The molecule has 0 atom stereocenters. The Morgan fingerprint density at radius 1 is 1.15 bits per heavy atom. The smallest absolute Gasteiger partial charge is 0.363 e. The first kappa shape index (κ1) is 17.7. The number of carbonyl (C=O) groups is 1. The van der Waals surface area contributed by atoms with Crippen molar-refractivity contribution in [1.82, 2.24) is 0 Å². The monoisotopic (exact) mass is 351 g/mol. The maximum Gasteiger partial charge on any atom is 0.363 e. The molecule has 0 bridgehead atoms. The topological polar surface area (TPSA) is 57.1 Å². The molecule has 0 saturated carbocycles. The van der Waals surface area contributed by atoms with E-state index >= 15 is 0 Å². The molecule has 0 unspecified atom stereocenters. The number of esters is 1. The molecule has 0 amide bonds. The van der Waals surface area contributed by atoms with Crippen LogP contribution in [0.2, 0.25) is 0 Å². The highest BCUT2D eigenvalue weighted by Gasteiger charge is 2.23. The molecule has 2 aromatic carbocycles. The largest absolute Gasteiger partial charge is 0.496 e. The van der Waals surface area contributed by atoms with Crippen molar-refractivity contribution in [3.8, 4) is 11.5 Å². The van der Waals surface area contributed by atoms with Crippen LogP contribution in [0.4, 0.5) is 0 Å². The highest BCUT2D eigenvalue weighted by atomic mass is 16.6. The molecule has 26 heavy (non-hydrogen) atoms. The Hall–Kier alpha value is -3.08. The quantitative estimate of drug-likeness (QED) is 0.578. The van der Waals surface area contributed by atoms with Gasteiger partial charge in [0.15, 0.2) is 12.3 Å². The summed E-state index contributed by atoms with van der Waals surface area (Å²) in [7, 11) is 1.65. The fourth-order valence-electron chi connectivity index (χ4n) is 2.63. The number of carbonyl (C=O) groups excluding carboxylic acids is 1. The molecular weight excluding hydrogens is 330 g/mol. The Morgan fingerprint density at radius 2 is 1.92 bits per heavy atom. The first-order valence-corrected chi connectivity index (χ1v) is 8.44. The number of rotatable bonds is 6. The van der Waals surface area contributed by atoms with Crippen LogP contribution in [-0.4, -0.2) is 25.6 Å². The zero-order valence-electron chi connectivity index (χ0n) is 15.1. The number of hydrogen-bond donors (Lipinski definition) is 0. The molecule has 0 saturated heterocycles. The van der Waals surface area contributed by atoms with Crippen LogP contribution < -0.4 is 9.47 Å². The van der Waals surface area contributed by atoms with Gasteiger partial charge in [-0.05, 0) is 47.4 Å². The van der Waals surface area contributed by atoms with E-state index in [9.17, 15) is 4.79 Å². The lowest BCUT2D eigenvalue weighted by Gasteiger charge is -2.12. The maximum atomic E-state index is 12.1. The third kappa shape index (κ3) is 4.11. The Morgan fingerprint density at radius 3 is 2.62 bits per heavy atom. The summed E-state index contributed by atoms with van der Waals surface area (Å²) in [5.74, 6) is 1.61. The second kappa shape index (κ2) is 7.87. The highest BCUT2D eigenvalue weighted by Crippen LogP contribution is 2.28. The number of nitrogens with zero attached hydrogens (tertiary/aromatic N) is 1. The van der Waals surface area contributed by atoms with Crippen LogP contribution >= 0.6 is 0 Å². The lowest BCUT2D eigenvalue weighted by atomic mass is 9.99. The highest BCUT2D eigenvalue weighted by molar-refractivity contribution is 6.07. The standard InChI is InChI=1S/C21H21NO4/c1-14(2)17-11-15(9-10-19(17)24-3)12-18-21(23)26-20(22-18)13-25-16-7-5-4-6-8-16/h4-12,14H,13H2,1-3H3/b18-12+. The average Bonchev–Trinajstić information content (AvgIpc) is 3.00. The minimum atomic E-state index is -0.474. The number of para-hydroxylation sites is 1.